The Kier molecular flexibility index (Phi) is 21.5. The molecule has 0 aromatic rings. The SMILES string of the molecule is CCCCCCCCCCCC/C=C/CCCCCCCCC(=O)Cl. The quantitative estimate of drug-likeness (QED) is 0.119. The van der Waals surface area contributed by atoms with Crippen LogP contribution in [0.25, 0.3) is 0 Å². The number of hydrogen-bond donors (Lipinski definition) is 0. The fourth-order valence-electron chi connectivity index (χ4n) is 3.22. The first-order chi connectivity index (χ1) is 12.3. The molecule has 25 heavy (non-hydrogen) atoms. The fourth-order valence-corrected chi connectivity index (χ4v) is 3.35. The van der Waals surface area contributed by atoms with Gasteiger partial charge in [0.25, 0.3) is 0 Å². The van der Waals surface area contributed by atoms with E-state index in [1.807, 2.05) is 0 Å². The average Bonchev–Trinajstić information content (AvgIpc) is 2.60. The van der Waals surface area contributed by atoms with Crippen LogP contribution < -0.4 is 0 Å². The van der Waals surface area contributed by atoms with E-state index in [2.05, 4.69) is 19.1 Å². The van der Waals surface area contributed by atoms with Gasteiger partial charge in [0, 0.05) is 6.42 Å². The molecule has 1 nitrogen and oxygen atoms in total. The lowest BCUT2D eigenvalue weighted by molar-refractivity contribution is -0.111. The minimum atomic E-state index is -0.187. The first-order valence-corrected chi connectivity index (χ1v) is 11.5. The lowest BCUT2D eigenvalue weighted by atomic mass is 10.1. The van der Waals surface area contributed by atoms with Crippen LogP contribution in [-0.4, -0.2) is 5.24 Å². The molecule has 0 rings (SSSR count). The predicted molar refractivity (Wildman–Crippen MR) is 113 cm³/mol. The maximum Gasteiger partial charge on any atom is 0.221 e. The standard InChI is InChI=1S/C23H43ClO/c1-2-3-4-5-6-7-8-9-10-11-12-13-14-15-16-17-18-19-20-21-22-23(24)25/h13-14H,2-12,15-22H2,1H3/b14-13+. The Morgan fingerprint density at radius 1 is 0.600 bits per heavy atom. The highest BCUT2D eigenvalue weighted by atomic mass is 35.5. The van der Waals surface area contributed by atoms with Gasteiger partial charge in [0.2, 0.25) is 5.24 Å². The predicted octanol–water partition coefficient (Wildman–Crippen LogP) is 8.74. The molecular weight excluding hydrogens is 328 g/mol. The Hall–Kier alpha value is -0.300. The van der Waals surface area contributed by atoms with Crippen molar-refractivity contribution >= 4 is 16.8 Å². The number of allylic oxidation sites excluding steroid dienone is 2. The third-order valence-corrected chi connectivity index (χ3v) is 5.07. The van der Waals surface area contributed by atoms with E-state index in [0.29, 0.717) is 6.42 Å². The van der Waals surface area contributed by atoms with Gasteiger partial charge in [-0.2, -0.15) is 0 Å². The molecule has 0 heterocycles. The van der Waals surface area contributed by atoms with Crippen molar-refractivity contribution in [3.63, 3.8) is 0 Å². The normalized spacial score (nSPS) is 11.4. The molecule has 0 unspecified atom stereocenters. The summed E-state index contributed by atoms with van der Waals surface area (Å²) < 4.78 is 0. The molecule has 148 valence electrons. The largest absolute Gasteiger partial charge is 0.281 e. The van der Waals surface area contributed by atoms with E-state index in [1.165, 1.54) is 103 Å². The van der Waals surface area contributed by atoms with Crippen molar-refractivity contribution in [3.8, 4) is 0 Å². The summed E-state index contributed by atoms with van der Waals surface area (Å²) >= 11 is 5.32. The van der Waals surface area contributed by atoms with Crippen LogP contribution in [0.5, 0.6) is 0 Å². The van der Waals surface area contributed by atoms with E-state index in [1.54, 1.807) is 0 Å². The Balaban J connectivity index is 3.07. The maximum absolute atomic E-state index is 10.6. The molecule has 0 aromatic carbocycles. The van der Waals surface area contributed by atoms with Gasteiger partial charge in [-0.05, 0) is 43.7 Å². The summed E-state index contributed by atoms with van der Waals surface area (Å²) in [5, 5.41) is -0.187. The van der Waals surface area contributed by atoms with Gasteiger partial charge in [-0.1, -0.05) is 103 Å². The van der Waals surface area contributed by atoms with Crippen LogP contribution in [0, 0.1) is 0 Å². The molecule has 0 amide bonds. The van der Waals surface area contributed by atoms with E-state index in [4.69, 9.17) is 11.6 Å². The number of unbranched alkanes of at least 4 members (excludes halogenated alkanes) is 16. The van der Waals surface area contributed by atoms with E-state index in [-0.39, 0.29) is 5.24 Å². The molecule has 0 aliphatic heterocycles. The highest BCUT2D eigenvalue weighted by Gasteiger charge is 1.96. The summed E-state index contributed by atoms with van der Waals surface area (Å²) in [7, 11) is 0. The van der Waals surface area contributed by atoms with Crippen LogP contribution in [-0.2, 0) is 4.79 Å². The smallest absolute Gasteiger partial charge is 0.221 e. The van der Waals surface area contributed by atoms with Gasteiger partial charge in [0.1, 0.15) is 0 Å². The molecule has 0 bridgehead atoms. The van der Waals surface area contributed by atoms with Crippen molar-refractivity contribution in [2.24, 2.45) is 0 Å². The molecule has 2 heteroatoms. The summed E-state index contributed by atoms with van der Waals surface area (Å²) in [6.07, 6.45) is 29.3. The van der Waals surface area contributed by atoms with E-state index < -0.39 is 0 Å². The van der Waals surface area contributed by atoms with Crippen molar-refractivity contribution in [1.82, 2.24) is 0 Å². The zero-order valence-electron chi connectivity index (χ0n) is 16.9. The maximum atomic E-state index is 10.6. The van der Waals surface area contributed by atoms with Gasteiger partial charge in [-0.3, -0.25) is 4.79 Å². The Morgan fingerprint density at radius 2 is 0.960 bits per heavy atom. The Labute approximate surface area is 163 Å². The molecule has 0 saturated carbocycles. The summed E-state index contributed by atoms with van der Waals surface area (Å²) in [5.41, 5.74) is 0. The second-order valence-electron chi connectivity index (χ2n) is 7.46. The Bertz CT molecular complexity index is 298. The number of hydrogen-bond acceptors (Lipinski definition) is 1. The third-order valence-electron chi connectivity index (χ3n) is 4.89. The molecule has 0 spiro atoms. The molecule has 0 aliphatic carbocycles. The first-order valence-electron chi connectivity index (χ1n) is 11.1. The molecule has 0 fully saturated rings. The van der Waals surface area contributed by atoms with Gasteiger partial charge >= 0.3 is 0 Å². The molecule has 0 saturated heterocycles. The Morgan fingerprint density at radius 3 is 1.36 bits per heavy atom. The van der Waals surface area contributed by atoms with E-state index in [9.17, 15) is 4.79 Å². The second kappa shape index (κ2) is 21.7. The van der Waals surface area contributed by atoms with Crippen molar-refractivity contribution in [2.75, 3.05) is 0 Å². The molecular formula is C23H43ClO. The van der Waals surface area contributed by atoms with Gasteiger partial charge < -0.3 is 0 Å². The van der Waals surface area contributed by atoms with Crippen LogP contribution in [0.3, 0.4) is 0 Å². The second-order valence-corrected chi connectivity index (χ2v) is 7.88. The number of carbonyl (C=O) groups excluding carboxylic acids is 1. The highest BCUT2D eigenvalue weighted by Crippen LogP contribution is 2.12. The van der Waals surface area contributed by atoms with Crippen LogP contribution in [0.1, 0.15) is 129 Å². The van der Waals surface area contributed by atoms with Crippen LogP contribution >= 0.6 is 11.6 Å². The number of carbonyl (C=O) groups is 1. The zero-order chi connectivity index (χ0) is 18.4. The van der Waals surface area contributed by atoms with Crippen LogP contribution in [0.15, 0.2) is 12.2 Å². The van der Waals surface area contributed by atoms with E-state index in [0.717, 1.165) is 12.8 Å². The minimum Gasteiger partial charge on any atom is -0.281 e. The minimum absolute atomic E-state index is 0.187. The molecule has 0 N–H and O–H groups in total. The van der Waals surface area contributed by atoms with Crippen molar-refractivity contribution in [3.05, 3.63) is 12.2 Å². The van der Waals surface area contributed by atoms with Gasteiger partial charge in [0.05, 0.1) is 0 Å². The fraction of sp³-hybridized carbons (Fsp3) is 0.870. The number of halogens is 1. The summed E-state index contributed by atoms with van der Waals surface area (Å²) in [4.78, 5) is 10.6. The average molecular weight is 371 g/mol. The highest BCUT2D eigenvalue weighted by molar-refractivity contribution is 6.63. The number of rotatable bonds is 20. The van der Waals surface area contributed by atoms with Gasteiger partial charge in [-0.25, -0.2) is 0 Å². The first kappa shape index (κ1) is 24.7. The van der Waals surface area contributed by atoms with Gasteiger partial charge in [0.15, 0.2) is 0 Å². The zero-order valence-corrected chi connectivity index (χ0v) is 17.6. The van der Waals surface area contributed by atoms with Gasteiger partial charge in [-0.15, -0.1) is 0 Å². The lowest BCUT2D eigenvalue weighted by Crippen LogP contribution is -1.86. The van der Waals surface area contributed by atoms with Crippen molar-refractivity contribution in [2.45, 2.75) is 129 Å². The summed E-state index contributed by atoms with van der Waals surface area (Å²) in [5.74, 6) is 0. The molecule has 0 atom stereocenters. The molecule has 0 radical (unpaired) electrons. The monoisotopic (exact) mass is 370 g/mol. The molecule has 0 aromatic heterocycles. The van der Waals surface area contributed by atoms with E-state index >= 15 is 0 Å². The lowest BCUT2D eigenvalue weighted by Gasteiger charge is -2.01. The van der Waals surface area contributed by atoms with Crippen LogP contribution in [0.2, 0.25) is 0 Å². The third kappa shape index (κ3) is 23.7. The van der Waals surface area contributed by atoms with Crippen LogP contribution in [0.4, 0.5) is 0 Å². The molecule has 0 aliphatic rings. The topological polar surface area (TPSA) is 17.1 Å². The summed E-state index contributed by atoms with van der Waals surface area (Å²) in [6, 6.07) is 0. The summed E-state index contributed by atoms with van der Waals surface area (Å²) in [6.45, 7) is 2.28. The van der Waals surface area contributed by atoms with Crippen molar-refractivity contribution in [1.29, 1.82) is 0 Å². The van der Waals surface area contributed by atoms with Crippen molar-refractivity contribution < 1.29 is 4.79 Å².